The first-order valence-electron chi connectivity index (χ1n) is 5.46. The van der Waals surface area contributed by atoms with Gasteiger partial charge in [0.15, 0.2) is 0 Å². The highest BCUT2D eigenvalue weighted by Crippen LogP contribution is 2.27. The number of cyclic esters (lactones) is 1. The molecule has 0 unspecified atom stereocenters. The Bertz CT molecular complexity index is 237. The van der Waals surface area contributed by atoms with E-state index in [1.165, 1.54) is 6.92 Å². The Balaban J connectivity index is 2.38. The predicted octanol–water partition coefficient (Wildman–Crippen LogP) is 1.67. The van der Waals surface area contributed by atoms with E-state index in [1.807, 2.05) is 0 Å². The van der Waals surface area contributed by atoms with E-state index in [-0.39, 0.29) is 30.6 Å². The maximum absolute atomic E-state index is 11.1. The summed E-state index contributed by atoms with van der Waals surface area (Å²) < 4.78 is 9.97. The van der Waals surface area contributed by atoms with E-state index in [0.29, 0.717) is 6.42 Å². The molecule has 86 valence electrons. The third-order valence-electron chi connectivity index (χ3n) is 2.62. The minimum Gasteiger partial charge on any atom is -0.462 e. The lowest BCUT2D eigenvalue weighted by Crippen LogP contribution is -2.23. The van der Waals surface area contributed by atoms with Gasteiger partial charge in [-0.05, 0) is 6.42 Å². The van der Waals surface area contributed by atoms with Crippen molar-refractivity contribution in [1.29, 1.82) is 0 Å². The van der Waals surface area contributed by atoms with E-state index in [4.69, 9.17) is 9.47 Å². The van der Waals surface area contributed by atoms with Gasteiger partial charge in [0, 0.05) is 12.8 Å². The maximum Gasteiger partial charge on any atom is 0.306 e. The van der Waals surface area contributed by atoms with Gasteiger partial charge in [0.1, 0.15) is 12.7 Å². The normalized spacial score (nSPS) is 25.1. The molecule has 4 heteroatoms. The molecule has 1 saturated heterocycles. The molecule has 0 aliphatic carbocycles. The molecule has 1 aliphatic rings. The summed E-state index contributed by atoms with van der Waals surface area (Å²) in [4.78, 5) is 21.7. The summed E-state index contributed by atoms with van der Waals surface area (Å²) in [6.45, 7) is 3.67. The van der Waals surface area contributed by atoms with Crippen molar-refractivity contribution < 1.29 is 19.1 Å². The van der Waals surface area contributed by atoms with Crippen LogP contribution >= 0.6 is 0 Å². The Labute approximate surface area is 89.9 Å². The Hall–Kier alpha value is -1.06. The van der Waals surface area contributed by atoms with Crippen molar-refractivity contribution in [3.63, 3.8) is 0 Å². The average molecular weight is 214 g/mol. The molecule has 0 radical (unpaired) electrons. The van der Waals surface area contributed by atoms with E-state index in [9.17, 15) is 9.59 Å². The van der Waals surface area contributed by atoms with Crippen LogP contribution in [0.2, 0.25) is 0 Å². The van der Waals surface area contributed by atoms with E-state index >= 15 is 0 Å². The maximum atomic E-state index is 11.1. The van der Waals surface area contributed by atoms with E-state index in [0.717, 1.165) is 19.3 Å². The second-order valence-electron chi connectivity index (χ2n) is 3.94. The number of ether oxygens (including phenoxy) is 2. The standard InChI is InChI=1S/C11H18O4/c1-3-4-5-9-6-11(13)15-10(9)7-14-8(2)12/h9-10H,3-7H2,1-2H3/t9-,10-/m0/s1. The molecule has 0 bridgehead atoms. The lowest BCUT2D eigenvalue weighted by Gasteiger charge is -2.16. The first-order valence-corrected chi connectivity index (χ1v) is 5.46. The lowest BCUT2D eigenvalue weighted by atomic mass is 9.95. The monoisotopic (exact) mass is 214 g/mol. The number of rotatable bonds is 5. The molecule has 1 aliphatic heterocycles. The van der Waals surface area contributed by atoms with Crippen molar-refractivity contribution in [1.82, 2.24) is 0 Å². The summed E-state index contributed by atoms with van der Waals surface area (Å²) in [7, 11) is 0. The number of hydrogen-bond acceptors (Lipinski definition) is 4. The Morgan fingerprint density at radius 1 is 1.60 bits per heavy atom. The molecule has 0 spiro atoms. The van der Waals surface area contributed by atoms with Crippen LogP contribution in [0.25, 0.3) is 0 Å². The van der Waals surface area contributed by atoms with Gasteiger partial charge >= 0.3 is 11.9 Å². The topological polar surface area (TPSA) is 52.6 Å². The third kappa shape index (κ3) is 3.90. The summed E-state index contributed by atoms with van der Waals surface area (Å²) >= 11 is 0. The van der Waals surface area contributed by atoms with Gasteiger partial charge in [0.2, 0.25) is 0 Å². The zero-order valence-corrected chi connectivity index (χ0v) is 9.32. The molecule has 2 atom stereocenters. The summed E-state index contributed by atoms with van der Waals surface area (Å²) in [5, 5.41) is 0. The van der Waals surface area contributed by atoms with Crippen LogP contribution in [0.5, 0.6) is 0 Å². The largest absolute Gasteiger partial charge is 0.462 e. The SMILES string of the molecule is CCCC[C@H]1CC(=O)O[C@H]1COC(C)=O. The van der Waals surface area contributed by atoms with Gasteiger partial charge in [0.05, 0.1) is 6.42 Å². The Morgan fingerprint density at radius 2 is 2.33 bits per heavy atom. The van der Waals surface area contributed by atoms with Crippen LogP contribution in [0, 0.1) is 5.92 Å². The molecule has 0 aromatic rings. The highest BCUT2D eigenvalue weighted by atomic mass is 16.6. The van der Waals surface area contributed by atoms with Crippen molar-refractivity contribution in [2.75, 3.05) is 6.61 Å². The molecule has 1 rings (SSSR count). The molecule has 0 aromatic heterocycles. The highest BCUT2D eigenvalue weighted by Gasteiger charge is 2.34. The molecule has 1 fully saturated rings. The van der Waals surface area contributed by atoms with Gasteiger partial charge in [-0.3, -0.25) is 9.59 Å². The van der Waals surface area contributed by atoms with Crippen LogP contribution in [-0.4, -0.2) is 24.6 Å². The third-order valence-corrected chi connectivity index (χ3v) is 2.62. The Kier molecular flexibility index (Phi) is 4.59. The summed E-state index contributed by atoms with van der Waals surface area (Å²) in [6.07, 6.45) is 3.39. The lowest BCUT2D eigenvalue weighted by molar-refractivity contribution is -0.152. The molecule has 15 heavy (non-hydrogen) atoms. The fraction of sp³-hybridized carbons (Fsp3) is 0.818. The second kappa shape index (κ2) is 5.73. The zero-order chi connectivity index (χ0) is 11.3. The van der Waals surface area contributed by atoms with Crippen molar-refractivity contribution in [2.45, 2.75) is 45.6 Å². The van der Waals surface area contributed by atoms with Crippen LogP contribution in [0.1, 0.15) is 39.5 Å². The minimum absolute atomic E-state index is 0.173. The van der Waals surface area contributed by atoms with E-state index in [1.54, 1.807) is 0 Å². The average Bonchev–Trinajstić information content (AvgIpc) is 2.52. The fourth-order valence-corrected chi connectivity index (χ4v) is 1.78. The quantitative estimate of drug-likeness (QED) is 0.653. The van der Waals surface area contributed by atoms with Crippen molar-refractivity contribution in [2.24, 2.45) is 5.92 Å². The molecular formula is C11H18O4. The number of esters is 2. The summed E-state index contributed by atoms with van der Waals surface area (Å²) in [5.74, 6) is -0.280. The zero-order valence-electron chi connectivity index (χ0n) is 9.32. The fourth-order valence-electron chi connectivity index (χ4n) is 1.78. The highest BCUT2D eigenvalue weighted by molar-refractivity contribution is 5.72. The number of carbonyl (C=O) groups is 2. The first-order chi connectivity index (χ1) is 7.13. The molecule has 0 N–H and O–H groups in total. The molecule has 0 saturated carbocycles. The van der Waals surface area contributed by atoms with Crippen molar-refractivity contribution in [3.05, 3.63) is 0 Å². The van der Waals surface area contributed by atoms with E-state index < -0.39 is 0 Å². The van der Waals surface area contributed by atoms with Crippen LogP contribution in [0.4, 0.5) is 0 Å². The molecule has 0 aromatic carbocycles. The van der Waals surface area contributed by atoms with Gasteiger partial charge in [-0.2, -0.15) is 0 Å². The summed E-state index contributed by atoms with van der Waals surface area (Å²) in [5.41, 5.74) is 0. The smallest absolute Gasteiger partial charge is 0.306 e. The predicted molar refractivity (Wildman–Crippen MR) is 54.1 cm³/mol. The molecular weight excluding hydrogens is 196 g/mol. The van der Waals surface area contributed by atoms with E-state index in [2.05, 4.69) is 6.92 Å². The van der Waals surface area contributed by atoms with Crippen LogP contribution in [0.3, 0.4) is 0 Å². The van der Waals surface area contributed by atoms with Gasteiger partial charge in [0.25, 0.3) is 0 Å². The minimum atomic E-state index is -0.327. The Morgan fingerprint density at radius 3 is 2.93 bits per heavy atom. The molecule has 4 nitrogen and oxygen atoms in total. The number of hydrogen-bond donors (Lipinski definition) is 0. The number of unbranched alkanes of at least 4 members (excludes halogenated alkanes) is 1. The summed E-state index contributed by atoms with van der Waals surface area (Å²) in [6, 6.07) is 0. The van der Waals surface area contributed by atoms with Gasteiger partial charge < -0.3 is 9.47 Å². The van der Waals surface area contributed by atoms with Gasteiger partial charge in [-0.25, -0.2) is 0 Å². The van der Waals surface area contributed by atoms with Crippen molar-refractivity contribution >= 4 is 11.9 Å². The first kappa shape index (κ1) is 12.0. The molecule has 1 heterocycles. The van der Waals surface area contributed by atoms with Crippen LogP contribution in [0.15, 0.2) is 0 Å². The second-order valence-corrected chi connectivity index (χ2v) is 3.94. The van der Waals surface area contributed by atoms with Crippen molar-refractivity contribution in [3.8, 4) is 0 Å². The number of carbonyl (C=O) groups excluding carboxylic acids is 2. The van der Waals surface area contributed by atoms with Gasteiger partial charge in [-0.1, -0.05) is 19.8 Å². The van der Waals surface area contributed by atoms with Crippen LogP contribution in [-0.2, 0) is 19.1 Å². The molecule has 0 amide bonds. The van der Waals surface area contributed by atoms with Gasteiger partial charge in [-0.15, -0.1) is 0 Å². The van der Waals surface area contributed by atoms with Crippen LogP contribution < -0.4 is 0 Å².